The van der Waals surface area contributed by atoms with Crippen LogP contribution in [0.25, 0.3) is 0 Å². The van der Waals surface area contributed by atoms with Crippen LogP contribution in [0.2, 0.25) is 0 Å². The number of hydrogen-bond acceptors (Lipinski definition) is 3. The Morgan fingerprint density at radius 1 is 1.41 bits per heavy atom. The van der Waals surface area contributed by atoms with E-state index < -0.39 is 0 Å². The number of nitrogens with one attached hydrogen (secondary N) is 1. The van der Waals surface area contributed by atoms with Gasteiger partial charge in [0, 0.05) is 12.6 Å². The van der Waals surface area contributed by atoms with Gasteiger partial charge in [0.15, 0.2) is 0 Å². The summed E-state index contributed by atoms with van der Waals surface area (Å²) in [5, 5.41) is 13.0. The zero-order valence-electron chi connectivity index (χ0n) is 12.0. The van der Waals surface area contributed by atoms with E-state index in [1.807, 2.05) is 0 Å². The fourth-order valence-electron chi connectivity index (χ4n) is 2.29. The number of hydrogen-bond donors (Lipinski definition) is 2. The third kappa shape index (κ3) is 5.36. The normalized spacial score (nSPS) is 19.9. The third-order valence-electron chi connectivity index (χ3n) is 3.56. The molecule has 0 aromatic heterocycles. The van der Waals surface area contributed by atoms with Gasteiger partial charge in [-0.2, -0.15) is 0 Å². The maximum absolute atomic E-state index is 9.56. The number of likely N-dealkylation sites (N-methyl/N-ethyl adjacent to an activating group) is 1. The molecule has 0 amide bonds. The first kappa shape index (κ1) is 14.9. The summed E-state index contributed by atoms with van der Waals surface area (Å²) in [6.45, 7) is 12.1. The van der Waals surface area contributed by atoms with Crippen LogP contribution in [0.5, 0.6) is 0 Å². The van der Waals surface area contributed by atoms with Crippen LogP contribution in [-0.4, -0.2) is 47.8 Å². The summed E-state index contributed by atoms with van der Waals surface area (Å²) in [7, 11) is 0. The lowest BCUT2D eigenvalue weighted by Crippen LogP contribution is -2.54. The highest BCUT2D eigenvalue weighted by atomic mass is 16.3. The van der Waals surface area contributed by atoms with Gasteiger partial charge in [-0.05, 0) is 45.2 Å². The second-order valence-corrected chi connectivity index (χ2v) is 6.13. The van der Waals surface area contributed by atoms with Crippen molar-refractivity contribution in [3.8, 4) is 0 Å². The molecule has 0 aromatic carbocycles. The van der Waals surface area contributed by atoms with Crippen molar-refractivity contribution in [2.75, 3.05) is 26.2 Å². The fraction of sp³-hybridized carbons (Fsp3) is 1.00. The van der Waals surface area contributed by atoms with E-state index in [-0.39, 0.29) is 12.1 Å². The van der Waals surface area contributed by atoms with Crippen LogP contribution in [0, 0.1) is 5.92 Å². The van der Waals surface area contributed by atoms with Gasteiger partial charge in [-0.1, -0.05) is 20.8 Å². The van der Waals surface area contributed by atoms with E-state index in [2.05, 4.69) is 37.9 Å². The molecule has 1 saturated carbocycles. The molecule has 0 radical (unpaired) electrons. The molecule has 1 rings (SSSR count). The molecule has 0 heterocycles. The lowest BCUT2D eigenvalue weighted by molar-refractivity contribution is 0.114. The van der Waals surface area contributed by atoms with Crippen molar-refractivity contribution in [1.82, 2.24) is 10.2 Å². The SMILES string of the molecule is CCNC(C)(CO)CN(CCC(C)C)C1CC1. The van der Waals surface area contributed by atoms with Crippen LogP contribution in [0.4, 0.5) is 0 Å². The van der Waals surface area contributed by atoms with Gasteiger partial charge in [0.2, 0.25) is 0 Å². The van der Waals surface area contributed by atoms with Crippen LogP contribution in [0.15, 0.2) is 0 Å². The standard InChI is InChI=1S/C14H30N2O/c1-5-15-14(4,11-17)10-16(13-6-7-13)9-8-12(2)3/h12-13,15,17H,5-11H2,1-4H3. The average Bonchev–Trinajstić information content (AvgIpc) is 3.08. The molecular formula is C14H30N2O. The first-order valence-electron chi connectivity index (χ1n) is 7.10. The van der Waals surface area contributed by atoms with Crippen molar-refractivity contribution in [1.29, 1.82) is 0 Å². The van der Waals surface area contributed by atoms with Crippen LogP contribution >= 0.6 is 0 Å². The summed E-state index contributed by atoms with van der Waals surface area (Å²) in [6.07, 6.45) is 3.93. The Bertz CT molecular complexity index is 216. The van der Waals surface area contributed by atoms with Crippen LogP contribution in [-0.2, 0) is 0 Å². The molecule has 102 valence electrons. The summed E-state index contributed by atoms with van der Waals surface area (Å²) < 4.78 is 0. The number of aliphatic hydroxyl groups excluding tert-OH is 1. The van der Waals surface area contributed by atoms with Gasteiger partial charge in [-0.15, -0.1) is 0 Å². The van der Waals surface area contributed by atoms with Crippen molar-refractivity contribution in [2.24, 2.45) is 5.92 Å². The fourth-order valence-corrected chi connectivity index (χ4v) is 2.29. The molecule has 2 N–H and O–H groups in total. The molecule has 1 aliphatic rings. The van der Waals surface area contributed by atoms with Crippen LogP contribution in [0.3, 0.4) is 0 Å². The average molecular weight is 242 g/mol. The summed E-state index contributed by atoms with van der Waals surface area (Å²) in [5.41, 5.74) is -0.145. The quantitative estimate of drug-likeness (QED) is 0.648. The minimum atomic E-state index is -0.145. The predicted molar refractivity (Wildman–Crippen MR) is 73.2 cm³/mol. The summed E-state index contributed by atoms with van der Waals surface area (Å²) >= 11 is 0. The Morgan fingerprint density at radius 2 is 2.06 bits per heavy atom. The number of aliphatic hydroxyl groups is 1. The van der Waals surface area contributed by atoms with Crippen molar-refractivity contribution in [3.63, 3.8) is 0 Å². The molecule has 1 aliphatic carbocycles. The molecule has 0 aliphatic heterocycles. The summed E-state index contributed by atoms with van der Waals surface area (Å²) in [4.78, 5) is 2.57. The number of nitrogens with zero attached hydrogens (tertiary/aromatic N) is 1. The van der Waals surface area contributed by atoms with Gasteiger partial charge < -0.3 is 10.4 Å². The van der Waals surface area contributed by atoms with Gasteiger partial charge in [0.25, 0.3) is 0 Å². The van der Waals surface area contributed by atoms with E-state index >= 15 is 0 Å². The third-order valence-corrected chi connectivity index (χ3v) is 3.56. The molecule has 3 nitrogen and oxygen atoms in total. The molecule has 1 atom stereocenters. The van der Waals surface area contributed by atoms with Crippen LogP contribution < -0.4 is 5.32 Å². The molecule has 0 saturated heterocycles. The Hall–Kier alpha value is -0.120. The maximum Gasteiger partial charge on any atom is 0.0623 e. The lowest BCUT2D eigenvalue weighted by Gasteiger charge is -2.35. The minimum absolute atomic E-state index is 0.145. The van der Waals surface area contributed by atoms with E-state index in [4.69, 9.17) is 0 Å². The molecule has 1 fully saturated rings. The van der Waals surface area contributed by atoms with Crippen LogP contribution in [0.1, 0.15) is 47.0 Å². The largest absolute Gasteiger partial charge is 0.394 e. The molecule has 0 aromatic rings. The Kier molecular flexibility index (Phi) is 5.90. The van der Waals surface area contributed by atoms with Gasteiger partial charge >= 0.3 is 0 Å². The highest BCUT2D eigenvalue weighted by molar-refractivity contribution is 4.92. The molecular weight excluding hydrogens is 212 g/mol. The van der Waals surface area contributed by atoms with E-state index in [0.717, 1.165) is 25.0 Å². The molecule has 3 heteroatoms. The highest BCUT2D eigenvalue weighted by Gasteiger charge is 2.34. The zero-order valence-corrected chi connectivity index (χ0v) is 12.0. The minimum Gasteiger partial charge on any atom is -0.394 e. The maximum atomic E-state index is 9.56. The molecule has 17 heavy (non-hydrogen) atoms. The highest BCUT2D eigenvalue weighted by Crippen LogP contribution is 2.28. The van der Waals surface area contributed by atoms with Crippen molar-refractivity contribution >= 4 is 0 Å². The first-order valence-corrected chi connectivity index (χ1v) is 7.10. The topological polar surface area (TPSA) is 35.5 Å². The molecule has 1 unspecified atom stereocenters. The lowest BCUT2D eigenvalue weighted by atomic mass is 10.0. The van der Waals surface area contributed by atoms with Crippen molar-refractivity contribution in [3.05, 3.63) is 0 Å². The van der Waals surface area contributed by atoms with E-state index in [1.54, 1.807) is 0 Å². The second kappa shape index (κ2) is 6.72. The van der Waals surface area contributed by atoms with E-state index in [9.17, 15) is 5.11 Å². The van der Waals surface area contributed by atoms with Gasteiger partial charge in [0.1, 0.15) is 0 Å². The summed E-state index contributed by atoms with van der Waals surface area (Å²) in [5.74, 6) is 0.760. The Balaban J connectivity index is 2.46. The van der Waals surface area contributed by atoms with Crippen molar-refractivity contribution < 1.29 is 5.11 Å². The van der Waals surface area contributed by atoms with E-state index in [1.165, 1.54) is 25.8 Å². The number of rotatable bonds is 9. The van der Waals surface area contributed by atoms with Gasteiger partial charge in [0.05, 0.1) is 12.1 Å². The monoisotopic (exact) mass is 242 g/mol. The predicted octanol–water partition coefficient (Wildman–Crippen LogP) is 1.86. The Morgan fingerprint density at radius 3 is 2.47 bits per heavy atom. The second-order valence-electron chi connectivity index (χ2n) is 6.13. The van der Waals surface area contributed by atoms with Crippen molar-refractivity contribution in [2.45, 2.75) is 58.5 Å². The van der Waals surface area contributed by atoms with Gasteiger partial charge in [-0.25, -0.2) is 0 Å². The smallest absolute Gasteiger partial charge is 0.0623 e. The van der Waals surface area contributed by atoms with E-state index in [0.29, 0.717) is 0 Å². The zero-order chi connectivity index (χ0) is 12.9. The molecule has 0 spiro atoms. The summed E-state index contributed by atoms with van der Waals surface area (Å²) in [6, 6.07) is 0.776. The van der Waals surface area contributed by atoms with Gasteiger partial charge in [-0.3, -0.25) is 4.90 Å². The molecule has 0 bridgehead atoms. The Labute approximate surface area is 107 Å². The first-order chi connectivity index (χ1) is 8.00.